The Balaban J connectivity index is 1.87. The molecule has 0 aliphatic heterocycles. The Hall–Kier alpha value is -1.75. The molecule has 0 bridgehead atoms. The summed E-state index contributed by atoms with van der Waals surface area (Å²) in [6.45, 7) is 2.65. The minimum absolute atomic E-state index is 0.284. The minimum Gasteiger partial charge on any atom is -0.464 e. The first kappa shape index (κ1) is 16.1. The lowest BCUT2D eigenvalue weighted by Gasteiger charge is -2.21. The highest BCUT2D eigenvalue weighted by Gasteiger charge is 2.21. The van der Waals surface area contributed by atoms with Crippen LogP contribution in [0.4, 0.5) is 4.79 Å². The molecule has 1 aromatic carbocycles. The van der Waals surface area contributed by atoms with E-state index >= 15 is 0 Å². The third kappa shape index (κ3) is 3.61. The van der Waals surface area contributed by atoms with Crippen LogP contribution in [0.2, 0.25) is 5.02 Å². The first-order valence-electron chi connectivity index (χ1n) is 8.17. The summed E-state index contributed by atoms with van der Waals surface area (Å²) in [6.07, 6.45) is 5.67. The maximum atomic E-state index is 12.3. The molecule has 0 unspecified atom stereocenters. The summed E-state index contributed by atoms with van der Waals surface area (Å²) >= 11 is 6.01. The number of fused-ring (bicyclic) bond motifs is 1. The molecular weight excluding hydrogens is 316 g/mol. The van der Waals surface area contributed by atoms with Crippen molar-refractivity contribution in [2.45, 2.75) is 39.0 Å². The summed E-state index contributed by atoms with van der Waals surface area (Å²) in [4.78, 5) is 16.7. The lowest BCUT2D eigenvalue weighted by molar-refractivity contribution is 0.145. The quantitative estimate of drug-likeness (QED) is 0.815. The third-order valence-corrected chi connectivity index (χ3v) is 4.44. The Morgan fingerprint density at radius 3 is 2.87 bits per heavy atom. The first-order chi connectivity index (χ1) is 11.2. The number of hydrogen-bond donors (Lipinski definition) is 0. The van der Waals surface area contributed by atoms with Crippen molar-refractivity contribution in [2.75, 3.05) is 13.2 Å². The summed E-state index contributed by atoms with van der Waals surface area (Å²) in [7, 11) is 0. The van der Waals surface area contributed by atoms with Gasteiger partial charge in [0.05, 0.1) is 24.2 Å². The lowest BCUT2D eigenvalue weighted by Crippen LogP contribution is -2.19. The number of benzene rings is 1. The zero-order valence-electron chi connectivity index (χ0n) is 13.3. The topological polar surface area (TPSA) is 53.4 Å². The number of ether oxygens (including phenoxy) is 2. The van der Waals surface area contributed by atoms with Gasteiger partial charge in [-0.25, -0.2) is 4.79 Å². The number of aromatic nitrogens is 2. The number of carbonyl (C=O) groups excluding carboxylic acids is 1. The van der Waals surface area contributed by atoms with Crippen molar-refractivity contribution < 1.29 is 14.3 Å². The predicted octanol–water partition coefficient (Wildman–Crippen LogP) is 4.65. The van der Waals surface area contributed by atoms with E-state index < -0.39 is 6.09 Å². The van der Waals surface area contributed by atoms with Crippen molar-refractivity contribution in [3.05, 3.63) is 23.2 Å². The zero-order chi connectivity index (χ0) is 16.2. The van der Waals surface area contributed by atoms with Gasteiger partial charge in [-0.15, -0.1) is 0 Å². The molecule has 23 heavy (non-hydrogen) atoms. The standard InChI is InChI=1S/C17H21ClN2O3/c1-2-22-17(21)20-15-9-8-13(18)10-14(15)19-16(20)23-11-12-6-4-3-5-7-12/h8-10,12H,2-7,11H2,1H3. The van der Waals surface area contributed by atoms with Crippen molar-refractivity contribution in [3.63, 3.8) is 0 Å². The number of nitrogens with zero attached hydrogens (tertiary/aromatic N) is 2. The monoisotopic (exact) mass is 336 g/mol. The fraction of sp³-hybridized carbons (Fsp3) is 0.529. The second-order valence-electron chi connectivity index (χ2n) is 5.88. The summed E-state index contributed by atoms with van der Waals surface area (Å²) in [5.74, 6) is 0.530. The summed E-state index contributed by atoms with van der Waals surface area (Å²) < 4.78 is 12.4. The first-order valence-corrected chi connectivity index (χ1v) is 8.54. The second kappa shape index (κ2) is 7.21. The van der Waals surface area contributed by atoms with E-state index in [9.17, 15) is 4.79 Å². The lowest BCUT2D eigenvalue weighted by atomic mass is 9.90. The molecular formula is C17H21ClN2O3. The number of imidazole rings is 1. The highest BCUT2D eigenvalue weighted by atomic mass is 35.5. The molecule has 0 amide bonds. The van der Waals surface area contributed by atoms with Gasteiger partial charge in [-0.3, -0.25) is 0 Å². The average molecular weight is 337 g/mol. The van der Waals surface area contributed by atoms with Crippen LogP contribution in [0.3, 0.4) is 0 Å². The van der Waals surface area contributed by atoms with E-state index in [-0.39, 0.29) is 6.01 Å². The molecule has 3 rings (SSSR count). The van der Waals surface area contributed by atoms with Crippen LogP contribution in [0.5, 0.6) is 6.01 Å². The number of rotatable bonds is 4. The van der Waals surface area contributed by atoms with Crippen LogP contribution < -0.4 is 4.74 Å². The number of hydrogen-bond acceptors (Lipinski definition) is 4. The normalized spacial score (nSPS) is 15.7. The molecule has 5 nitrogen and oxygen atoms in total. The molecule has 6 heteroatoms. The van der Waals surface area contributed by atoms with Crippen molar-refractivity contribution in [1.29, 1.82) is 0 Å². The van der Waals surface area contributed by atoms with E-state index in [1.165, 1.54) is 36.7 Å². The molecule has 1 fully saturated rings. The predicted molar refractivity (Wildman–Crippen MR) is 89.2 cm³/mol. The maximum absolute atomic E-state index is 12.3. The third-order valence-electron chi connectivity index (χ3n) is 4.21. The van der Waals surface area contributed by atoms with E-state index in [1.54, 1.807) is 25.1 Å². The van der Waals surface area contributed by atoms with Gasteiger partial charge in [0.2, 0.25) is 0 Å². The Kier molecular flexibility index (Phi) is 5.06. The molecule has 0 spiro atoms. The van der Waals surface area contributed by atoms with Gasteiger partial charge in [-0.1, -0.05) is 30.9 Å². The van der Waals surface area contributed by atoms with Gasteiger partial charge in [-0.2, -0.15) is 9.55 Å². The van der Waals surface area contributed by atoms with Gasteiger partial charge < -0.3 is 9.47 Å². The van der Waals surface area contributed by atoms with Crippen LogP contribution in [-0.2, 0) is 4.74 Å². The number of halogens is 1. The maximum Gasteiger partial charge on any atom is 0.422 e. The molecule has 2 aromatic rings. The Morgan fingerprint density at radius 2 is 2.13 bits per heavy atom. The van der Waals surface area contributed by atoms with Crippen molar-refractivity contribution >= 4 is 28.7 Å². The van der Waals surface area contributed by atoms with Crippen LogP contribution in [0, 0.1) is 5.92 Å². The molecule has 1 saturated carbocycles. The van der Waals surface area contributed by atoms with Crippen molar-refractivity contribution in [1.82, 2.24) is 9.55 Å². The van der Waals surface area contributed by atoms with E-state index in [4.69, 9.17) is 21.1 Å². The van der Waals surface area contributed by atoms with E-state index in [1.807, 2.05) is 0 Å². The molecule has 124 valence electrons. The Bertz CT molecular complexity index is 692. The summed E-state index contributed by atoms with van der Waals surface area (Å²) in [5, 5.41) is 0.574. The molecule has 1 aliphatic carbocycles. The molecule has 1 aliphatic rings. The highest BCUT2D eigenvalue weighted by molar-refractivity contribution is 6.31. The van der Waals surface area contributed by atoms with Crippen molar-refractivity contribution in [3.8, 4) is 6.01 Å². The minimum atomic E-state index is -0.476. The molecule has 1 heterocycles. The summed E-state index contributed by atoms with van der Waals surface area (Å²) in [5.41, 5.74) is 1.27. The van der Waals surface area contributed by atoms with Gasteiger partial charge >= 0.3 is 12.1 Å². The zero-order valence-corrected chi connectivity index (χ0v) is 14.0. The Morgan fingerprint density at radius 1 is 1.35 bits per heavy atom. The largest absolute Gasteiger partial charge is 0.464 e. The van der Waals surface area contributed by atoms with E-state index in [0.29, 0.717) is 35.2 Å². The number of carbonyl (C=O) groups is 1. The van der Waals surface area contributed by atoms with E-state index in [0.717, 1.165) is 0 Å². The average Bonchev–Trinajstić information content (AvgIpc) is 2.91. The van der Waals surface area contributed by atoms with Crippen LogP contribution >= 0.6 is 11.6 Å². The van der Waals surface area contributed by atoms with Gasteiger partial charge in [0.15, 0.2) is 0 Å². The van der Waals surface area contributed by atoms with Gasteiger partial charge in [0.1, 0.15) is 0 Å². The molecule has 1 aromatic heterocycles. The molecule has 0 atom stereocenters. The molecule has 0 saturated heterocycles. The van der Waals surface area contributed by atoms with Crippen LogP contribution in [-0.4, -0.2) is 28.9 Å². The van der Waals surface area contributed by atoms with Gasteiger partial charge in [0.25, 0.3) is 0 Å². The smallest absolute Gasteiger partial charge is 0.422 e. The molecule has 0 radical (unpaired) electrons. The SMILES string of the molecule is CCOC(=O)n1c(OCC2CCCCC2)nc2cc(Cl)ccc21. The van der Waals surface area contributed by atoms with Crippen molar-refractivity contribution in [2.24, 2.45) is 5.92 Å². The Labute approximate surface area is 140 Å². The van der Waals surface area contributed by atoms with Crippen LogP contribution in [0.1, 0.15) is 39.0 Å². The second-order valence-corrected chi connectivity index (χ2v) is 6.31. The van der Waals surface area contributed by atoms with E-state index in [2.05, 4.69) is 4.98 Å². The van der Waals surface area contributed by atoms with Crippen LogP contribution in [0.25, 0.3) is 11.0 Å². The van der Waals surface area contributed by atoms with Crippen LogP contribution in [0.15, 0.2) is 18.2 Å². The fourth-order valence-corrected chi connectivity index (χ4v) is 3.21. The van der Waals surface area contributed by atoms with Gasteiger partial charge in [0, 0.05) is 5.02 Å². The molecule has 0 N–H and O–H groups in total. The highest BCUT2D eigenvalue weighted by Crippen LogP contribution is 2.27. The fourth-order valence-electron chi connectivity index (χ4n) is 3.04. The van der Waals surface area contributed by atoms with Gasteiger partial charge in [-0.05, 0) is 43.9 Å². The summed E-state index contributed by atoms with van der Waals surface area (Å²) in [6, 6.07) is 5.49.